The number of carbonyl (C=O) groups is 2. The summed E-state index contributed by atoms with van der Waals surface area (Å²) >= 11 is 0. The predicted octanol–water partition coefficient (Wildman–Crippen LogP) is 3.31. The number of hydrogen-bond donors (Lipinski definition) is 1. The number of carbonyl (C=O) groups excluding carboxylic acids is 2. The lowest BCUT2D eigenvalue weighted by molar-refractivity contribution is -0.140. The first-order valence-corrected chi connectivity index (χ1v) is 14.1. The Morgan fingerprint density at radius 3 is 2.34 bits per heavy atom. The zero-order chi connectivity index (χ0) is 27.9. The quantitative estimate of drug-likeness (QED) is 0.439. The van der Waals surface area contributed by atoms with Crippen LogP contribution in [0.2, 0.25) is 0 Å². The first kappa shape index (κ1) is 29.4. The van der Waals surface area contributed by atoms with Gasteiger partial charge in [0.15, 0.2) is 0 Å². The highest BCUT2D eigenvalue weighted by atomic mass is 32.2. The zero-order valence-electron chi connectivity index (χ0n) is 22.4. The molecule has 2 amide bonds. The lowest BCUT2D eigenvalue weighted by atomic mass is 10.1. The lowest BCUT2D eigenvalue weighted by Gasteiger charge is -2.34. The maximum absolute atomic E-state index is 13.9. The molecule has 0 spiro atoms. The molecule has 9 nitrogen and oxygen atoms in total. The van der Waals surface area contributed by atoms with E-state index in [4.69, 9.17) is 4.74 Å². The minimum Gasteiger partial charge on any atom is -0.497 e. The fourth-order valence-corrected chi connectivity index (χ4v) is 5.63. The summed E-state index contributed by atoms with van der Waals surface area (Å²) in [5.41, 5.74) is 0.867. The van der Waals surface area contributed by atoms with Gasteiger partial charge in [-0.1, -0.05) is 31.9 Å². The van der Waals surface area contributed by atoms with Gasteiger partial charge in [0, 0.05) is 26.7 Å². The number of halogens is 1. The van der Waals surface area contributed by atoms with E-state index in [2.05, 4.69) is 5.32 Å². The van der Waals surface area contributed by atoms with Crippen LogP contribution in [0.15, 0.2) is 48.5 Å². The normalized spacial score (nSPS) is 14.8. The van der Waals surface area contributed by atoms with E-state index < -0.39 is 34.5 Å². The van der Waals surface area contributed by atoms with Gasteiger partial charge >= 0.3 is 10.2 Å². The van der Waals surface area contributed by atoms with E-state index in [1.165, 1.54) is 31.1 Å². The number of nitrogens with zero attached hydrogens (tertiary/aromatic N) is 3. The zero-order valence-corrected chi connectivity index (χ0v) is 23.2. The van der Waals surface area contributed by atoms with Crippen molar-refractivity contribution in [2.45, 2.75) is 57.7 Å². The van der Waals surface area contributed by atoms with Crippen LogP contribution in [0, 0.1) is 5.82 Å². The first-order valence-electron chi connectivity index (χ1n) is 12.7. The van der Waals surface area contributed by atoms with Gasteiger partial charge in [0.05, 0.1) is 12.8 Å². The van der Waals surface area contributed by atoms with Crippen LogP contribution in [0.1, 0.15) is 44.6 Å². The van der Waals surface area contributed by atoms with Crippen LogP contribution in [0.4, 0.5) is 10.1 Å². The second-order valence-corrected chi connectivity index (χ2v) is 11.6. The average molecular weight is 549 g/mol. The number of benzene rings is 2. The van der Waals surface area contributed by atoms with Gasteiger partial charge in [-0.3, -0.25) is 9.59 Å². The number of rotatable bonds is 12. The Bertz CT molecular complexity index is 1200. The van der Waals surface area contributed by atoms with E-state index in [1.54, 1.807) is 25.3 Å². The maximum Gasteiger partial charge on any atom is 0.304 e. The van der Waals surface area contributed by atoms with Gasteiger partial charge in [-0.2, -0.15) is 12.7 Å². The van der Waals surface area contributed by atoms with Crippen molar-refractivity contribution in [2.75, 3.05) is 32.1 Å². The summed E-state index contributed by atoms with van der Waals surface area (Å²) in [5.74, 6) is -0.756. The molecule has 38 heavy (non-hydrogen) atoms. The largest absolute Gasteiger partial charge is 0.497 e. The summed E-state index contributed by atoms with van der Waals surface area (Å²) in [7, 11) is 0.139. The third-order valence-electron chi connectivity index (χ3n) is 6.71. The molecule has 0 unspecified atom stereocenters. The topological polar surface area (TPSA) is 99.3 Å². The molecular formula is C27H37FN4O5S. The van der Waals surface area contributed by atoms with Crippen molar-refractivity contribution in [1.82, 2.24) is 14.5 Å². The predicted molar refractivity (Wildman–Crippen MR) is 144 cm³/mol. The third kappa shape index (κ3) is 7.22. The van der Waals surface area contributed by atoms with Crippen molar-refractivity contribution in [3.05, 3.63) is 59.9 Å². The second kappa shape index (κ2) is 13.1. The van der Waals surface area contributed by atoms with Crippen molar-refractivity contribution >= 4 is 27.7 Å². The minimum absolute atomic E-state index is 0.0650. The molecule has 3 rings (SSSR count). The number of ether oxygens (including phenoxy) is 1. The van der Waals surface area contributed by atoms with E-state index in [0.29, 0.717) is 12.2 Å². The first-order chi connectivity index (χ1) is 18.1. The van der Waals surface area contributed by atoms with E-state index in [0.717, 1.165) is 52.0 Å². The Balaban J connectivity index is 1.97. The summed E-state index contributed by atoms with van der Waals surface area (Å²) in [4.78, 5) is 28.7. The molecule has 0 bridgehead atoms. The van der Waals surface area contributed by atoms with Crippen LogP contribution in [0.3, 0.4) is 0 Å². The Morgan fingerprint density at radius 2 is 1.76 bits per heavy atom. The van der Waals surface area contributed by atoms with Gasteiger partial charge < -0.3 is 15.0 Å². The fraction of sp³-hybridized carbons (Fsp3) is 0.481. The van der Waals surface area contributed by atoms with Gasteiger partial charge in [0.1, 0.15) is 24.2 Å². The third-order valence-corrected chi connectivity index (χ3v) is 8.53. The Hall–Kier alpha value is -3.18. The average Bonchev–Trinajstić information content (AvgIpc) is 3.40. The molecule has 1 saturated carbocycles. The van der Waals surface area contributed by atoms with Crippen molar-refractivity contribution in [3.63, 3.8) is 0 Å². The molecule has 208 valence electrons. The molecule has 1 atom stereocenters. The number of amides is 2. The monoisotopic (exact) mass is 548 g/mol. The molecule has 11 heteroatoms. The standard InChI is InChI=1S/C27H37FN4O5S/c1-5-25(27(34)29-22-10-6-7-11-22)31(18-20-9-8-12-24(17-20)37-4)26(33)19-32(38(35,36)30(2)3)23-15-13-21(28)14-16-23/h8-9,12-17,22,25H,5-7,10-11,18-19H2,1-4H3,(H,29,34)/t25-/m1/s1. The van der Waals surface area contributed by atoms with Crippen LogP contribution in [0.5, 0.6) is 5.75 Å². The molecule has 0 aliphatic heterocycles. The summed E-state index contributed by atoms with van der Waals surface area (Å²) < 4.78 is 47.2. The Labute approximate surface area is 224 Å². The molecule has 1 aliphatic rings. The summed E-state index contributed by atoms with van der Waals surface area (Å²) in [6.07, 6.45) is 4.22. The van der Waals surface area contributed by atoms with Crippen molar-refractivity contribution in [3.8, 4) is 5.75 Å². The molecule has 1 N–H and O–H groups in total. The highest BCUT2D eigenvalue weighted by molar-refractivity contribution is 7.90. The SMILES string of the molecule is CC[C@H](C(=O)NC1CCCC1)N(Cc1cccc(OC)c1)C(=O)CN(c1ccc(F)cc1)S(=O)(=O)N(C)C. The lowest BCUT2D eigenvalue weighted by Crippen LogP contribution is -2.54. The van der Waals surface area contributed by atoms with Crippen molar-refractivity contribution < 1.29 is 27.1 Å². The van der Waals surface area contributed by atoms with Gasteiger partial charge in [-0.15, -0.1) is 0 Å². The van der Waals surface area contributed by atoms with Gasteiger partial charge in [0.25, 0.3) is 0 Å². The Morgan fingerprint density at radius 1 is 1.11 bits per heavy atom. The van der Waals surface area contributed by atoms with Crippen LogP contribution in [-0.4, -0.2) is 69.3 Å². The number of hydrogen-bond acceptors (Lipinski definition) is 5. The minimum atomic E-state index is -4.11. The number of nitrogens with one attached hydrogen (secondary N) is 1. The van der Waals surface area contributed by atoms with Gasteiger partial charge in [-0.05, 0) is 61.2 Å². The Kier molecular flexibility index (Phi) is 10.1. The smallest absolute Gasteiger partial charge is 0.304 e. The van der Waals surface area contributed by atoms with Crippen molar-refractivity contribution in [1.29, 1.82) is 0 Å². The second-order valence-electron chi connectivity index (χ2n) is 9.56. The van der Waals surface area contributed by atoms with E-state index in [-0.39, 0.29) is 24.2 Å². The molecule has 2 aromatic rings. The van der Waals surface area contributed by atoms with Crippen LogP contribution < -0.4 is 14.4 Å². The number of anilines is 1. The van der Waals surface area contributed by atoms with Gasteiger partial charge in [-0.25, -0.2) is 8.70 Å². The molecule has 0 radical (unpaired) electrons. The van der Waals surface area contributed by atoms with E-state index >= 15 is 0 Å². The molecule has 2 aromatic carbocycles. The summed E-state index contributed by atoms with van der Waals surface area (Å²) in [6.45, 7) is 1.33. The highest BCUT2D eigenvalue weighted by Gasteiger charge is 2.34. The molecule has 0 aromatic heterocycles. The molecule has 0 heterocycles. The fourth-order valence-electron chi connectivity index (χ4n) is 4.58. The summed E-state index contributed by atoms with van der Waals surface area (Å²) in [6, 6.07) is 11.3. The molecule has 1 fully saturated rings. The van der Waals surface area contributed by atoms with E-state index in [9.17, 15) is 22.4 Å². The molecular weight excluding hydrogens is 511 g/mol. The maximum atomic E-state index is 13.9. The summed E-state index contributed by atoms with van der Waals surface area (Å²) in [5, 5.41) is 3.07. The van der Waals surface area contributed by atoms with Crippen molar-refractivity contribution in [2.24, 2.45) is 0 Å². The van der Waals surface area contributed by atoms with Gasteiger partial charge in [0.2, 0.25) is 11.8 Å². The van der Waals surface area contributed by atoms with Crippen LogP contribution in [0.25, 0.3) is 0 Å². The molecule has 1 aliphatic carbocycles. The van der Waals surface area contributed by atoms with E-state index in [1.807, 2.05) is 13.0 Å². The molecule has 0 saturated heterocycles. The van der Waals surface area contributed by atoms with Crippen LogP contribution >= 0.6 is 0 Å². The highest BCUT2D eigenvalue weighted by Crippen LogP contribution is 2.23. The van der Waals surface area contributed by atoms with Crippen LogP contribution in [-0.2, 0) is 26.3 Å². The number of methoxy groups -OCH3 is 1.